The Morgan fingerprint density at radius 1 is 1.25 bits per heavy atom. The van der Waals surface area contributed by atoms with Gasteiger partial charge in [-0.15, -0.1) is 11.3 Å². The van der Waals surface area contributed by atoms with Gasteiger partial charge < -0.3 is 14.2 Å². The van der Waals surface area contributed by atoms with Crippen LogP contribution in [0.25, 0.3) is 10.2 Å². The highest BCUT2D eigenvalue weighted by atomic mass is 32.1. The van der Waals surface area contributed by atoms with Crippen LogP contribution >= 0.6 is 11.3 Å². The number of nitrogens with one attached hydrogen (secondary N) is 1. The fourth-order valence-electron chi connectivity index (χ4n) is 1.61. The first-order valence-corrected chi connectivity index (χ1v) is 7.14. The molecule has 0 atom stereocenters. The van der Waals surface area contributed by atoms with E-state index < -0.39 is 0 Å². The Bertz CT molecular complexity index is 534. The van der Waals surface area contributed by atoms with Crippen molar-refractivity contribution in [2.45, 2.75) is 6.42 Å². The highest BCUT2D eigenvalue weighted by Crippen LogP contribution is 2.27. The van der Waals surface area contributed by atoms with Gasteiger partial charge in [-0.2, -0.15) is 4.98 Å². The Morgan fingerprint density at radius 3 is 2.95 bits per heavy atom. The zero-order chi connectivity index (χ0) is 14.2. The van der Waals surface area contributed by atoms with Gasteiger partial charge in [0, 0.05) is 20.3 Å². The normalized spacial score (nSPS) is 10.9. The maximum atomic E-state index is 5.63. The van der Waals surface area contributed by atoms with Crippen LogP contribution in [0, 0.1) is 0 Å². The third kappa shape index (κ3) is 4.01. The van der Waals surface area contributed by atoms with E-state index in [0.717, 1.165) is 16.6 Å². The van der Waals surface area contributed by atoms with Crippen LogP contribution < -0.4 is 16.0 Å². The molecule has 7 nitrogen and oxygen atoms in total. The van der Waals surface area contributed by atoms with E-state index in [1.54, 1.807) is 7.11 Å². The van der Waals surface area contributed by atoms with E-state index in [0.29, 0.717) is 38.3 Å². The van der Waals surface area contributed by atoms with Gasteiger partial charge in [-0.25, -0.2) is 10.8 Å². The second-order valence-corrected chi connectivity index (χ2v) is 4.84. The first-order chi connectivity index (χ1) is 9.85. The summed E-state index contributed by atoms with van der Waals surface area (Å²) in [4.78, 5) is 9.28. The SMILES string of the molecule is COCCCOCCOc1nc(NN)nc2sccc12. The number of nitrogens with zero attached hydrogens (tertiary/aromatic N) is 2. The second-order valence-electron chi connectivity index (χ2n) is 3.94. The molecule has 0 aromatic carbocycles. The molecule has 0 aliphatic heterocycles. The topological polar surface area (TPSA) is 91.5 Å². The molecule has 8 heteroatoms. The van der Waals surface area contributed by atoms with E-state index in [4.69, 9.17) is 20.1 Å². The summed E-state index contributed by atoms with van der Waals surface area (Å²) in [6, 6.07) is 1.93. The number of fused-ring (bicyclic) bond motifs is 1. The van der Waals surface area contributed by atoms with Gasteiger partial charge in [-0.1, -0.05) is 0 Å². The van der Waals surface area contributed by atoms with Crippen LogP contribution in [-0.2, 0) is 9.47 Å². The Kier molecular flexibility index (Phi) is 5.93. The number of aromatic nitrogens is 2. The Hall–Kier alpha value is -1.48. The van der Waals surface area contributed by atoms with Gasteiger partial charge in [0.15, 0.2) is 0 Å². The van der Waals surface area contributed by atoms with Crippen molar-refractivity contribution in [3.63, 3.8) is 0 Å². The highest BCUT2D eigenvalue weighted by Gasteiger charge is 2.09. The first kappa shape index (κ1) is 14.9. The number of thiophene rings is 1. The fourth-order valence-corrected chi connectivity index (χ4v) is 2.36. The summed E-state index contributed by atoms with van der Waals surface area (Å²) in [6.45, 7) is 2.29. The van der Waals surface area contributed by atoms with Gasteiger partial charge in [0.05, 0.1) is 12.0 Å². The third-order valence-corrected chi connectivity index (χ3v) is 3.33. The molecule has 0 fully saturated rings. The average molecular weight is 298 g/mol. The van der Waals surface area contributed by atoms with Crippen molar-refractivity contribution in [2.75, 3.05) is 39.0 Å². The largest absolute Gasteiger partial charge is 0.475 e. The van der Waals surface area contributed by atoms with Gasteiger partial charge in [0.2, 0.25) is 11.8 Å². The van der Waals surface area contributed by atoms with Crippen molar-refractivity contribution >= 4 is 27.5 Å². The van der Waals surface area contributed by atoms with Crippen LogP contribution in [0.15, 0.2) is 11.4 Å². The number of hydrogen-bond acceptors (Lipinski definition) is 8. The van der Waals surface area contributed by atoms with E-state index in [1.807, 2.05) is 11.4 Å². The lowest BCUT2D eigenvalue weighted by Crippen LogP contribution is -2.13. The number of hydrazine groups is 1. The third-order valence-electron chi connectivity index (χ3n) is 2.52. The Balaban J connectivity index is 1.84. The van der Waals surface area contributed by atoms with E-state index >= 15 is 0 Å². The minimum Gasteiger partial charge on any atom is -0.475 e. The number of nitrogen functional groups attached to an aromatic ring is 1. The molecule has 2 heterocycles. The number of ether oxygens (including phenoxy) is 3. The lowest BCUT2D eigenvalue weighted by molar-refractivity contribution is 0.0800. The molecule has 0 aliphatic rings. The maximum Gasteiger partial charge on any atom is 0.241 e. The summed E-state index contributed by atoms with van der Waals surface area (Å²) in [6.07, 6.45) is 0.875. The van der Waals surface area contributed by atoms with E-state index in [2.05, 4.69) is 15.4 Å². The molecule has 0 saturated heterocycles. The Labute approximate surface area is 121 Å². The molecule has 2 aromatic heterocycles. The number of anilines is 1. The van der Waals surface area contributed by atoms with E-state index in [9.17, 15) is 0 Å². The molecule has 2 rings (SSSR count). The summed E-state index contributed by atoms with van der Waals surface area (Å²) in [5.74, 6) is 6.20. The van der Waals surface area contributed by atoms with Crippen LogP contribution in [0.3, 0.4) is 0 Å². The predicted molar refractivity (Wildman–Crippen MR) is 78.0 cm³/mol. The van der Waals surface area contributed by atoms with Gasteiger partial charge in [-0.3, -0.25) is 5.43 Å². The minimum absolute atomic E-state index is 0.343. The monoisotopic (exact) mass is 298 g/mol. The molecule has 20 heavy (non-hydrogen) atoms. The summed E-state index contributed by atoms with van der Waals surface area (Å²) in [5.41, 5.74) is 2.43. The van der Waals surface area contributed by atoms with Crippen LogP contribution in [0.1, 0.15) is 6.42 Å². The number of rotatable bonds is 9. The van der Waals surface area contributed by atoms with Gasteiger partial charge in [0.1, 0.15) is 11.4 Å². The van der Waals surface area contributed by atoms with Gasteiger partial charge >= 0.3 is 0 Å². The van der Waals surface area contributed by atoms with Crippen LogP contribution in [-0.4, -0.2) is 43.5 Å². The highest BCUT2D eigenvalue weighted by molar-refractivity contribution is 7.16. The van der Waals surface area contributed by atoms with E-state index in [-0.39, 0.29) is 0 Å². The van der Waals surface area contributed by atoms with Crippen molar-refractivity contribution < 1.29 is 14.2 Å². The molecule has 0 aliphatic carbocycles. The second kappa shape index (κ2) is 7.95. The minimum atomic E-state index is 0.343. The molecule has 110 valence electrons. The maximum absolute atomic E-state index is 5.63. The zero-order valence-electron chi connectivity index (χ0n) is 11.3. The lowest BCUT2D eigenvalue weighted by atomic mass is 10.4. The quantitative estimate of drug-likeness (QED) is 0.411. The molecular formula is C12H18N4O3S. The molecular weight excluding hydrogens is 280 g/mol. The summed E-state index contributed by atoms with van der Waals surface area (Å²) in [7, 11) is 1.67. The fraction of sp³-hybridized carbons (Fsp3) is 0.500. The molecule has 0 spiro atoms. The van der Waals surface area contributed by atoms with Crippen molar-refractivity contribution in [3.05, 3.63) is 11.4 Å². The van der Waals surface area contributed by atoms with E-state index in [1.165, 1.54) is 11.3 Å². The molecule has 0 saturated carbocycles. The van der Waals surface area contributed by atoms with Crippen molar-refractivity contribution in [1.29, 1.82) is 0 Å². The van der Waals surface area contributed by atoms with Crippen molar-refractivity contribution in [1.82, 2.24) is 9.97 Å². The summed E-state index contributed by atoms with van der Waals surface area (Å²) >= 11 is 1.51. The van der Waals surface area contributed by atoms with Crippen molar-refractivity contribution in [2.24, 2.45) is 5.84 Å². The van der Waals surface area contributed by atoms with Gasteiger partial charge in [-0.05, 0) is 17.9 Å². The Morgan fingerprint density at radius 2 is 2.15 bits per heavy atom. The molecule has 0 bridgehead atoms. The molecule has 3 N–H and O–H groups in total. The van der Waals surface area contributed by atoms with Crippen LogP contribution in [0.4, 0.5) is 5.95 Å². The van der Waals surface area contributed by atoms with Crippen LogP contribution in [0.2, 0.25) is 0 Å². The molecule has 2 aromatic rings. The predicted octanol–water partition coefficient (Wildman–Crippen LogP) is 1.41. The molecule has 0 radical (unpaired) electrons. The first-order valence-electron chi connectivity index (χ1n) is 6.26. The average Bonchev–Trinajstić information content (AvgIpc) is 2.94. The zero-order valence-corrected chi connectivity index (χ0v) is 12.1. The number of methoxy groups -OCH3 is 1. The van der Waals surface area contributed by atoms with Crippen molar-refractivity contribution in [3.8, 4) is 5.88 Å². The lowest BCUT2D eigenvalue weighted by Gasteiger charge is -2.08. The summed E-state index contributed by atoms with van der Waals surface area (Å²) < 4.78 is 16.0. The van der Waals surface area contributed by atoms with Gasteiger partial charge in [0.25, 0.3) is 0 Å². The number of nitrogens with two attached hydrogens (primary N) is 1. The molecule has 0 unspecified atom stereocenters. The molecule has 0 amide bonds. The van der Waals surface area contributed by atoms with Crippen LogP contribution in [0.5, 0.6) is 5.88 Å². The smallest absolute Gasteiger partial charge is 0.241 e. The summed E-state index contributed by atoms with van der Waals surface area (Å²) in [5, 5.41) is 2.82. The standard InChI is InChI=1S/C12H18N4O3S/c1-17-4-2-5-18-6-7-19-10-9-3-8-20-11(9)15-12(14-10)16-13/h3,8H,2,4-7,13H2,1H3,(H,14,15,16). The number of hydrogen-bond donors (Lipinski definition) is 2.